The number of amides is 1. The fourth-order valence-corrected chi connectivity index (χ4v) is 2.60. The Morgan fingerprint density at radius 1 is 1.48 bits per heavy atom. The highest BCUT2D eigenvalue weighted by atomic mass is 79.9. The summed E-state index contributed by atoms with van der Waals surface area (Å²) in [4.78, 5) is 22.6. The molecule has 2 aromatic rings. The number of nitrogens with zero attached hydrogens (tertiary/aromatic N) is 2. The van der Waals surface area contributed by atoms with E-state index in [-0.39, 0.29) is 18.1 Å². The first-order valence-electron chi connectivity index (χ1n) is 6.23. The number of aromatic nitrogens is 1. The number of nitrogens with one attached hydrogen (secondary N) is 1. The number of halogens is 1. The highest BCUT2D eigenvalue weighted by Crippen LogP contribution is 2.21. The second-order valence-electron chi connectivity index (χ2n) is 4.66. The monoisotopic (exact) mass is 351 g/mol. The second-order valence-corrected chi connectivity index (χ2v) is 5.57. The highest BCUT2D eigenvalue weighted by Gasteiger charge is 2.15. The molecule has 0 aliphatic heterocycles. The number of nitro groups is 1. The van der Waals surface area contributed by atoms with Gasteiger partial charge in [0.1, 0.15) is 5.69 Å². The molecule has 0 atom stereocenters. The summed E-state index contributed by atoms with van der Waals surface area (Å²) < 4.78 is 2.53. The second kappa shape index (κ2) is 6.09. The smallest absolute Gasteiger partial charge is 0.272 e. The van der Waals surface area contributed by atoms with Crippen molar-refractivity contribution in [2.24, 2.45) is 7.05 Å². The van der Waals surface area contributed by atoms with Crippen LogP contribution in [-0.4, -0.2) is 15.4 Å². The number of carbonyl (C=O) groups excluding carboxylic acids is 1. The Kier molecular flexibility index (Phi) is 4.42. The molecule has 0 radical (unpaired) electrons. The molecule has 1 aromatic heterocycles. The minimum Gasteiger partial charge on any atom is -0.347 e. The van der Waals surface area contributed by atoms with Gasteiger partial charge in [-0.3, -0.25) is 14.9 Å². The van der Waals surface area contributed by atoms with Crippen LogP contribution in [-0.2, 0) is 13.6 Å². The van der Waals surface area contributed by atoms with Crippen molar-refractivity contribution in [3.8, 4) is 0 Å². The average molecular weight is 352 g/mol. The zero-order chi connectivity index (χ0) is 15.6. The van der Waals surface area contributed by atoms with E-state index in [0.29, 0.717) is 11.3 Å². The molecule has 0 fully saturated rings. The van der Waals surface area contributed by atoms with Crippen LogP contribution in [0.15, 0.2) is 34.9 Å². The van der Waals surface area contributed by atoms with E-state index in [1.165, 1.54) is 6.07 Å². The van der Waals surface area contributed by atoms with Gasteiger partial charge >= 0.3 is 0 Å². The van der Waals surface area contributed by atoms with E-state index in [0.717, 1.165) is 10.0 Å². The van der Waals surface area contributed by atoms with Gasteiger partial charge in [0, 0.05) is 35.9 Å². The minimum atomic E-state index is -0.422. The molecule has 7 heteroatoms. The third-order valence-corrected chi connectivity index (χ3v) is 3.69. The summed E-state index contributed by atoms with van der Waals surface area (Å²) in [5.41, 5.74) is 1.87. The van der Waals surface area contributed by atoms with Gasteiger partial charge < -0.3 is 9.88 Å². The first-order chi connectivity index (χ1) is 9.90. The maximum absolute atomic E-state index is 12.1. The lowest BCUT2D eigenvalue weighted by Crippen LogP contribution is -2.25. The van der Waals surface area contributed by atoms with Crippen molar-refractivity contribution >= 4 is 27.5 Å². The van der Waals surface area contributed by atoms with Crippen molar-refractivity contribution in [1.82, 2.24) is 9.88 Å². The van der Waals surface area contributed by atoms with E-state index in [1.807, 2.05) is 0 Å². The third-order valence-electron chi connectivity index (χ3n) is 3.26. The first-order valence-corrected chi connectivity index (χ1v) is 7.02. The standard InChI is InChI=1S/C14H14BrN3O3/c1-9-10(4-3-5-12(9)18(20)21)7-16-14(19)13-6-11(15)8-17(13)2/h3-6,8H,7H2,1-2H3,(H,16,19). The van der Waals surface area contributed by atoms with E-state index < -0.39 is 4.92 Å². The molecule has 1 N–H and O–H groups in total. The maximum atomic E-state index is 12.1. The zero-order valence-corrected chi connectivity index (χ0v) is 13.2. The van der Waals surface area contributed by atoms with Crippen LogP contribution < -0.4 is 5.32 Å². The Morgan fingerprint density at radius 3 is 2.76 bits per heavy atom. The summed E-state index contributed by atoms with van der Waals surface area (Å²) in [6, 6.07) is 6.56. The Bertz CT molecular complexity index is 709. The van der Waals surface area contributed by atoms with Gasteiger partial charge in [-0.05, 0) is 34.5 Å². The predicted octanol–water partition coefficient (Wildman–Crippen LogP) is 2.93. The molecule has 0 unspecified atom stereocenters. The summed E-state index contributed by atoms with van der Waals surface area (Å²) in [7, 11) is 1.78. The van der Waals surface area contributed by atoms with E-state index in [2.05, 4.69) is 21.2 Å². The Balaban J connectivity index is 2.13. The molecule has 1 heterocycles. The number of aryl methyl sites for hydroxylation is 1. The van der Waals surface area contributed by atoms with Gasteiger partial charge in [0.25, 0.3) is 11.6 Å². The fraction of sp³-hybridized carbons (Fsp3) is 0.214. The number of hydrogen-bond donors (Lipinski definition) is 1. The Morgan fingerprint density at radius 2 is 2.19 bits per heavy atom. The zero-order valence-electron chi connectivity index (χ0n) is 11.6. The number of hydrogen-bond acceptors (Lipinski definition) is 3. The van der Waals surface area contributed by atoms with Gasteiger partial charge in [0.15, 0.2) is 0 Å². The molecule has 110 valence electrons. The molecule has 0 spiro atoms. The molecule has 0 saturated heterocycles. The molecule has 1 amide bonds. The van der Waals surface area contributed by atoms with Crippen LogP contribution >= 0.6 is 15.9 Å². The van der Waals surface area contributed by atoms with Gasteiger partial charge in [0.05, 0.1) is 4.92 Å². The van der Waals surface area contributed by atoms with Gasteiger partial charge in [-0.1, -0.05) is 12.1 Å². The van der Waals surface area contributed by atoms with Gasteiger partial charge in [0.2, 0.25) is 0 Å². The molecule has 0 aliphatic carbocycles. The van der Waals surface area contributed by atoms with Crippen LogP contribution in [0, 0.1) is 17.0 Å². The number of benzene rings is 1. The molecule has 21 heavy (non-hydrogen) atoms. The lowest BCUT2D eigenvalue weighted by molar-refractivity contribution is -0.385. The summed E-state index contributed by atoms with van der Waals surface area (Å²) in [6.07, 6.45) is 1.79. The predicted molar refractivity (Wildman–Crippen MR) is 82.1 cm³/mol. The van der Waals surface area contributed by atoms with E-state index in [4.69, 9.17) is 0 Å². The summed E-state index contributed by atoms with van der Waals surface area (Å²) in [5.74, 6) is -0.228. The molecular formula is C14H14BrN3O3. The topological polar surface area (TPSA) is 77.2 Å². The number of carbonyl (C=O) groups is 1. The quantitative estimate of drug-likeness (QED) is 0.679. The van der Waals surface area contributed by atoms with Gasteiger partial charge in [-0.2, -0.15) is 0 Å². The van der Waals surface area contributed by atoms with Crippen LogP contribution in [0.25, 0.3) is 0 Å². The van der Waals surface area contributed by atoms with Crippen LogP contribution in [0.2, 0.25) is 0 Å². The SMILES string of the molecule is Cc1c(CNC(=O)c2cc(Br)cn2C)cccc1[N+](=O)[O-]. The van der Waals surface area contributed by atoms with Gasteiger partial charge in [-0.25, -0.2) is 0 Å². The molecular weight excluding hydrogens is 338 g/mol. The van der Waals surface area contributed by atoms with Crippen molar-refractivity contribution in [2.75, 3.05) is 0 Å². The molecule has 0 aliphatic rings. The summed E-state index contributed by atoms with van der Waals surface area (Å²) in [6.45, 7) is 1.92. The maximum Gasteiger partial charge on any atom is 0.272 e. The normalized spacial score (nSPS) is 10.4. The van der Waals surface area contributed by atoms with Crippen LogP contribution in [0.3, 0.4) is 0 Å². The fourth-order valence-electron chi connectivity index (χ4n) is 2.08. The van der Waals surface area contributed by atoms with E-state index in [1.54, 1.807) is 42.9 Å². The molecule has 1 aromatic carbocycles. The number of nitro benzene ring substituents is 1. The first kappa shape index (κ1) is 15.2. The van der Waals surface area contributed by atoms with Gasteiger partial charge in [-0.15, -0.1) is 0 Å². The highest BCUT2D eigenvalue weighted by molar-refractivity contribution is 9.10. The van der Waals surface area contributed by atoms with Crippen molar-refractivity contribution in [2.45, 2.75) is 13.5 Å². The molecule has 0 saturated carbocycles. The Hall–Kier alpha value is -2.15. The van der Waals surface area contributed by atoms with Crippen LogP contribution in [0.4, 0.5) is 5.69 Å². The van der Waals surface area contributed by atoms with Crippen molar-refractivity contribution < 1.29 is 9.72 Å². The summed E-state index contributed by atoms with van der Waals surface area (Å²) >= 11 is 3.31. The van der Waals surface area contributed by atoms with Crippen LogP contribution in [0.5, 0.6) is 0 Å². The van der Waals surface area contributed by atoms with E-state index in [9.17, 15) is 14.9 Å². The molecule has 2 rings (SSSR count). The van der Waals surface area contributed by atoms with Crippen molar-refractivity contribution in [3.05, 3.63) is 61.9 Å². The van der Waals surface area contributed by atoms with E-state index >= 15 is 0 Å². The molecule has 6 nitrogen and oxygen atoms in total. The lowest BCUT2D eigenvalue weighted by atomic mass is 10.1. The summed E-state index contributed by atoms with van der Waals surface area (Å²) in [5, 5.41) is 13.7. The Labute approximate surface area is 130 Å². The lowest BCUT2D eigenvalue weighted by Gasteiger charge is -2.08. The molecule has 0 bridgehead atoms. The van der Waals surface area contributed by atoms with Crippen LogP contribution in [0.1, 0.15) is 21.6 Å². The number of rotatable bonds is 4. The van der Waals surface area contributed by atoms with Crippen molar-refractivity contribution in [1.29, 1.82) is 0 Å². The average Bonchev–Trinajstić information content (AvgIpc) is 2.76. The minimum absolute atomic E-state index is 0.0587. The third kappa shape index (κ3) is 3.30. The largest absolute Gasteiger partial charge is 0.347 e. The van der Waals surface area contributed by atoms with Crippen molar-refractivity contribution in [3.63, 3.8) is 0 Å².